The van der Waals surface area contributed by atoms with Crippen LogP contribution in [0.1, 0.15) is 61.8 Å². The Balaban J connectivity index is 1.96. The fourth-order valence-electron chi connectivity index (χ4n) is 6.27. The van der Waals surface area contributed by atoms with Crippen LogP contribution in [0.4, 0.5) is 0 Å². The van der Waals surface area contributed by atoms with Gasteiger partial charge in [-0.3, -0.25) is 0 Å². The van der Waals surface area contributed by atoms with Crippen LogP contribution in [-0.2, 0) is 0 Å². The van der Waals surface area contributed by atoms with E-state index in [2.05, 4.69) is 135 Å². The molecule has 0 aromatic heterocycles. The summed E-state index contributed by atoms with van der Waals surface area (Å²) in [4.78, 5) is 0. The number of allylic oxidation sites excluding steroid dienone is 2. The summed E-state index contributed by atoms with van der Waals surface area (Å²) < 4.78 is 6.18. The molecule has 1 heteroatoms. The van der Waals surface area contributed by atoms with Gasteiger partial charge in [0.15, 0.2) is 0 Å². The Labute approximate surface area is 227 Å². The van der Waals surface area contributed by atoms with Crippen molar-refractivity contribution >= 4 is 36.7 Å². The van der Waals surface area contributed by atoms with Gasteiger partial charge in [0.05, 0.1) is 0 Å². The normalized spacial score (nSPS) is 14.9. The fraction of sp³-hybridized carbons (Fsp3) is 0.222. The zero-order chi connectivity index (χ0) is 25.5. The third kappa shape index (κ3) is 5.14. The summed E-state index contributed by atoms with van der Waals surface area (Å²) in [7, 11) is 0. The maximum atomic E-state index is 2.39. The Morgan fingerprint density at radius 2 is 0.703 bits per heavy atom. The molecule has 0 radical (unpaired) electrons. The van der Waals surface area contributed by atoms with Gasteiger partial charge in [0, 0.05) is 0 Å². The molecule has 0 saturated carbocycles. The number of hydrogen-bond acceptors (Lipinski definition) is 0. The topological polar surface area (TPSA) is 0 Å². The number of benzene rings is 4. The first-order valence-corrected chi connectivity index (χ1v) is 20.9. The van der Waals surface area contributed by atoms with Gasteiger partial charge in [0.25, 0.3) is 0 Å². The van der Waals surface area contributed by atoms with Gasteiger partial charge in [-0.25, -0.2) is 0 Å². The number of unbranched alkanes of at least 4 members (excludes halogenated alkanes) is 2. The standard InChI is InChI=1S/C28H20.2C4H9.Sn/c1-5-13-23(14-6-1)21-27(25-17-9-3-10-18-25)28(26-19-11-4-12-20-26)22-24-15-7-2-8-16-24;2*1-3-4-2;/h1-20H;2*1,3-4H2,2H3;. The van der Waals surface area contributed by atoms with Gasteiger partial charge in [0.1, 0.15) is 0 Å². The van der Waals surface area contributed by atoms with Crippen LogP contribution < -0.4 is 0 Å². The molecular formula is C36H38Sn. The summed E-state index contributed by atoms with van der Waals surface area (Å²) in [6, 6.07) is 45.3. The van der Waals surface area contributed by atoms with Gasteiger partial charge in [-0.05, 0) is 0 Å². The average Bonchev–Trinajstić information content (AvgIpc) is 3.28. The number of hydrogen-bond donors (Lipinski definition) is 0. The van der Waals surface area contributed by atoms with Crippen molar-refractivity contribution in [1.29, 1.82) is 0 Å². The molecule has 1 heterocycles. The van der Waals surface area contributed by atoms with Gasteiger partial charge in [-0.2, -0.15) is 0 Å². The molecule has 1 aliphatic rings. The van der Waals surface area contributed by atoms with Crippen LogP contribution in [-0.4, -0.2) is 18.4 Å². The molecule has 0 nitrogen and oxygen atoms in total. The summed E-state index contributed by atoms with van der Waals surface area (Å²) >= 11 is -3.22. The molecule has 37 heavy (non-hydrogen) atoms. The summed E-state index contributed by atoms with van der Waals surface area (Å²) in [5.74, 6) is 0. The summed E-state index contributed by atoms with van der Waals surface area (Å²) in [6.45, 7) is 4.73. The Hall–Kier alpha value is -2.84. The Morgan fingerprint density at radius 3 is 1.00 bits per heavy atom. The van der Waals surface area contributed by atoms with Gasteiger partial charge in [-0.1, -0.05) is 0 Å². The monoisotopic (exact) mass is 590 g/mol. The van der Waals surface area contributed by atoms with Gasteiger partial charge >= 0.3 is 229 Å². The molecule has 1 aliphatic heterocycles. The third-order valence-corrected chi connectivity index (χ3v) is 23.3. The van der Waals surface area contributed by atoms with Crippen molar-refractivity contribution in [1.82, 2.24) is 0 Å². The predicted octanol–water partition coefficient (Wildman–Crippen LogP) is 10.3. The van der Waals surface area contributed by atoms with E-state index in [1.54, 1.807) is 7.18 Å². The quantitative estimate of drug-likeness (QED) is 0.162. The Kier molecular flexibility index (Phi) is 8.46. The van der Waals surface area contributed by atoms with Crippen molar-refractivity contribution in [3.63, 3.8) is 0 Å². The summed E-state index contributed by atoms with van der Waals surface area (Å²) in [5, 5.41) is 0. The second-order valence-electron chi connectivity index (χ2n) is 10.3. The minimum atomic E-state index is -3.22. The molecule has 0 fully saturated rings. The van der Waals surface area contributed by atoms with Crippen LogP contribution in [0.15, 0.2) is 121 Å². The molecule has 0 unspecified atom stereocenters. The van der Waals surface area contributed by atoms with Crippen molar-refractivity contribution in [3.8, 4) is 0 Å². The van der Waals surface area contributed by atoms with E-state index in [4.69, 9.17) is 0 Å². The molecule has 4 aromatic carbocycles. The summed E-state index contributed by atoms with van der Waals surface area (Å²) in [6.07, 6.45) is 5.10. The zero-order valence-corrected chi connectivity index (χ0v) is 25.1. The van der Waals surface area contributed by atoms with E-state index in [9.17, 15) is 0 Å². The van der Waals surface area contributed by atoms with Gasteiger partial charge < -0.3 is 0 Å². The molecule has 5 rings (SSSR count). The molecule has 0 amide bonds. The SMILES string of the molecule is CCC[CH2][Sn]1([CH2]CCC)[C](c2ccccc2)=C(c2ccccc2)C(c2ccccc2)=[C]1c1ccccc1. The third-order valence-electron chi connectivity index (χ3n) is 7.87. The first kappa shape index (κ1) is 25.8. The summed E-state index contributed by atoms with van der Waals surface area (Å²) in [5.41, 5.74) is 8.62. The van der Waals surface area contributed by atoms with Crippen molar-refractivity contribution in [2.75, 3.05) is 0 Å². The van der Waals surface area contributed by atoms with Crippen LogP contribution in [0.3, 0.4) is 0 Å². The number of rotatable bonds is 10. The van der Waals surface area contributed by atoms with Gasteiger partial charge in [-0.15, -0.1) is 0 Å². The van der Waals surface area contributed by atoms with Crippen molar-refractivity contribution in [2.24, 2.45) is 0 Å². The first-order chi connectivity index (χ1) is 18.3. The van der Waals surface area contributed by atoms with E-state index in [1.807, 2.05) is 0 Å². The van der Waals surface area contributed by atoms with Gasteiger partial charge in [0.2, 0.25) is 0 Å². The first-order valence-electron chi connectivity index (χ1n) is 14.0. The molecule has 0 bridgehead atoms. The van der Waals surface area contributed by atoms with E-state index in [1.165, 1.54) is 68.0 Å². The van der Waals surface area contributed by atoms with E-state index in [0.29, 0.717) is 0 Å². The predicted molar refractivity (Wildman–Crippen MR) is 165 cm³/mol. The Morgan fingerprint density at radius 1 is 0.405 bits per heavy atom. The average molecular weight is 589 g/mol. The molecule has 186 valence electrons. The van der Waals surface area contributed by atoms with Crippen molar-refractivity contribution in [3.05, 3.63) is 144 Å². The van der Waals surface area contributed by atoms with Crippen LogP contribution in [0.25, 0.3) is 18.3 Å². The van der Waals surface area contributed by atoms with E-state index >= 15 is 0 Å². The van der Waals surface area contributed by atoms with E-state index in [0.717, 1.165) is 0 Å². The van der Waals surface area contributed by atoms with E-state index in [-0.39, 0.29) is 0 Å². The van der Waals surface area contributed by atoms with Crippen LogP contribution >= 0.6 is 0 Å². The molecule has 0 saturated heterocycles. The molecule has 0 atom stereocenters. The van der Waals surface area contributed by atoms with Crippen LogP contribution in [0.2, 0.25) is 8.87 Å². The molecule has 0 N–H and O–H groups in total. The molecule has 0 aliphatic carbocycles. The van der Waals surface area contributed by atoms with Crippen molar-refractivity contribution < 1.29 is 0 Å². The molecule has 0 spiro atoms. The van der Waals surface area contributed by atoms with E-state index < -0.39 is 18.4 Å². The second-order valence-corrected chi connectivity index (χ2v) is 22.1. The second kappa shape index (κ2) is 12.1. The van der Waals surface area contributed by atoms with Crippen molar-refractivity contribution in [2.45, 2.75) is 48.4 Å². The fourth-order valence-corrected chi connectivity index (χ4v) is 24.4. The maximum absolute atomic E-state index is 3.22. The minimum absolute atomic E-state index is 1.25. The Bertz CT molecular complexity index is 1240. The van der Waals surface area contributed by atoms with Crippen LogP contribution in [0, 0.1) is 0 Å². The molecule has 4 aromatic rings. The zero-order valence-electron chi connectivity index (χ0n) is 22.3. The van der Waals surface area contributed by atoms with Crippen LogP contribution in [0.5, 0.6) is 0 Å². The molecular weight excluding hydrogens is 551 g/mol.